The first-order valence-corrected chi connectivity index (χ1v) is 11.6. The van der Waals surface area contributed by atoms with Gasteiger partial charge in [-0.05, 0) is 43.9 Å². The highest BCUT2D eigenvalue weighted by Crippen LogP contribution is 2.27. The van der Waals surface area contributed by atoms with Crippen LogP contribution in [0.25, 0.3) is 10.9 Å². The Kier molecular flexibility index (Phi) is 10.00. The smallest absolute Gasteiger partial charge is 0.161 e. The number of aromatic nitrogens is 2. The number of hydrogen-bond acceptors (Lipinski definition) is 5. The highest BCUT2D eigenvalue weighted by Gasteiger charge is 2.13. The summed E-state index contributed by atoms with van der Waals surface area (Å²) in [5, 5.41) is 9.67. The zero-order chi connectivity index (χ0) is 24.4. The lowest BCUT2D eigenvalue weighted by Crippen LogP contribution is -2.12. The monoisotopic (exact) mass is 444 g/mol. The third-order valence-electron chi connectivity index (χ3n) is 5.85. The largest absolute Gasteiger partial charge is 0.362 e. The number of ketones is 1. The van der Waals surface area contributed by atoms with E-state index in [1.54, 1.807) is 24.3 Å². The van der Waals surface area contributed by atoms with Gasteiger partial charge in [-0.25, -0.2) is 9.97 Å². The lowest BCUT2D eigenvalue weighted by molar-refractivity contribution is 0.101. The molecule has 0 N–H and O–H groups in total. The number of carbonyl (C=O) groups excluding carboxylic acids is 1. The van der Waals surface area contributed by atoms with E-state index in [0.29, 0.717) is 11.1 Å². The molecule has 1 aromatic heterocycles. The number of Topliss-reactive ketones (excluding diaryl/α,β-unsaturated/α-hetero) is 1. The molecule has 0 aliphatic heterocycles. The van der Waals surface area contributed by atoms with Crippen LogP contribution in [0.1, 0.15) is 68.2 Å². The molecule has 1 heterocycles. The molecule has 0 saturated heterocycles. The third-order valence-corrected chi connectivity index (χ3v) is 5.85. The van der Waals surface area contributed by atoms with Crippen LogP contribution in [0, 0.1) is 30.1 Å². The second-order valence-corrected chi connectivity index (χ2v) is 9.08. The van der Waals surface area contributed by atoms with Crippen molar-refractivity contribution in [3.8, 4) is 6.07 Å². The first-order chi connectivity index (χ1) is 15.7. The first-order valence-electron chi connectivity index (χ1n) is 11.6. The summed E-state index contributed by atoms with van der Waals surface area (Å²) in [5.41, 5.74) is 1.94. The highest BCUT2D eigenvalue weighted by molar-refractivity contribution is 5.96. The van der Waals surface area contributed by atoms with Crippen LogP contribution < -0.4 is 4.90 Å². The summed E-state index contributed by atoms with van der Waals surface area (Å²) in [6.45, 7) is 8.10. The molecular formula is C28H36N4O. The standard InChI is InChI=1S/C11H13N3.C9H7NO.C8H16/c1-8-12-10-7-5-4-6-9(10)11(13-8)14(2)3;1-7(11)9-5-3-2-4-8(9)6-10;1-7-3-5-8(2)6-4-7/h4-7H,1-3H3;2-5H,1H3;7-8H,3-6H2,1-2H3. The van der Waals surface area contributed by atoms with Gasteiger partial charge in [0.05, 0.1) is 17.1 Å². The van der Waals surface area contributed by atoms with Crippen molar-refractivity contribution in [3.63, 3.8) is 0 Å². The lowest BCUT2D eigenvalue weighted by atomic mass is 9.84. The van der Waals surface area contributed by atoms with Crippen molar-refractivity contribution >= 4 is 22.5 Å². The van der Waals surface area contributed by atoms with Crippen molar-refractivity contribution in [2.24, 2.45) is 11.8 Å². The van der Waals surface area contributed by atoms with E-state index >= 15 is 0 Å². The van der Waals surface area contributed by atoms with Crippen molar-refractivity contribution in [2.75, 3.05) is 19.0 Å². The fourth-order valence-corrected chi connectivity index (χ4v) is 3.83. The molecule has 33 heavy (non-hydrogen) atoms. The summed E-state index contributed by atoms with van der Waals surface area (Å²) in [7, 11) is 3.99. The second kappa shape index (κ2) is 12.7. The van der Waals surface area contributed by atoms with E-state index in [0.717, 1.165) is 34.4 Å². The zero-order valence-electron chi connectivity index (χ0n) is 20.8. The van der Waals surface area contributed by atoms with Gasteiger partial charge in [0, 0.05) is 25.0 Å². The minimum Gasteiger partial charge on any atom is -0.362 e. The normalized spacial score (nSPS) is 17.0. The van der Waals surface area contributed by atoms with E-state index < -0.39 is 0 Å². The lowest BCUT2D eigenvalue weighted by Gasteiger charge is -2.22. The van der Waals surface area contributed by atoms with E-state index in [9.17, 15) is 4.79 Å². The highest BCUT2D eigenvalue weighted by atomic mass is 16.1. The fourth-order valence-electron chi connectivity index (χ4n) is 3.83. The van der Waals surface area contributed by atoms with Crippen LogP contribution in [-0.4, -0.2) is 29.8 Å². The molecule has 0 radical (unpaired) electrons. The molecule has 2 aromatic carbocycles. The summed E-state index contributed by atoms with van der Waals surface area (Å²) < 4.78 is 0. The molecule has 4 rings (SSSR count). The molecule has 0 spiro atoms. The number of nitriles is 1. The van der Waals surface area contributed by atoms with Crippen molar-refractivity contribution in [2.45, 2.75) is 53.4 Å². The summed E-state index contributed by atoms with van der Waals surface area (Å²) in [6.07, 6.45) is 5.89. The Bertz CT molecular complexity index is 1080. The Labute approximate surface area is 198 Å². The Balaban J connectivity index is 0.000000182. The maximum Gasteiger partial charge on any atom is 0.161 e. The van der Waals surface area contributed by atoms with Gasteiger partial charge in [0.2, 0.25) is 0 Å². The maximum atomic E-state index is 10.9. The van der Waals surface area contributed by atoms with Gasteiger partial charge in [0.25, 0.3) is 0 Å². The molecule has 0 amide bonds. The number of nitrogens with zero attached hydrogens (tertiary/aromatic N) is 4. The minimum absolute atomic E-state index is 0.0675. The Morgan fingerprint density at radius 1 is 0.939 bits per heavy atom. The molecule has 5 heteroatoms. The van der Waals surface area contributed by atoms with Gasteiger partial charge in [-0.15, -0.1) is 0 Å². The third kappa shape index (κ3) is 7.98. The Morgan fingerprint density at radius 2 is 1.48 bits per heavy atom. The van der Waals surface area contributed by atoms with Crippen LogP contribution in [0.4, 0.5) is 5.82 Å². The second-order valence-electron chi connectivity index (χ2n) is 9.08. The predicted molar refractivity (Wildman–Crippen MR) is 137 cm³/mol. The van der Waals surface area contributed by atoms with E-state index in [2.05, 4.69) is 23.8 Å². The van der Waals surface area contributed by atoms with E-state index in [1.807, 2.05) is 56.3 Å². The molecule has 5 nitrogen and oxygen atoms in total. The number of anilines is 1. The fraction of sp³-hybridized carbons (Fsp3) is 0.429. The number of aryl methyl sites for hydroxylation is 1. The molecule has 0 bridgehead atoms. The quantitative estimate of drug-likeness (QED) is 0.417. The van der Waals surface area contributed by atoms with Crippen molar-refractivity contribution in [1.82, 2.24) is 9.97 Å². The van der Waals surface area contributed by atoms with Gasteiger partial charge < -0.3 is 4.90 Å². The van der Waals surface area contributed by atoms with E-state index in [4.69, 9.17) is 5.26 Å². The molecular weight excluding hydrogens is 408 g/mol. The van der Waals surface area contributed by atoms with Crippen molar-refractivity contribution in [3.05, 3.63) is 65.5 Å². The van der Waals surface area contributed by atoms with Crippen LogP contribution in [0.2, 0.25) is 0 Å². The number of hydrogen-bond donors (Lipinski definition) is 0. The van der Waals surface area contributed by atoms with E-state index in [1.165, 1.54) is 32.6 Å². The van der Waals surface area contributed by atoms with Gasteiger partial charge in [0.1, 0.15) is 11.6 Å². The number of carbonyl (C=O) groups is 1. The summed E-state index contributed by atoms with van der Waals surface area (Å²) >= 11 is 0. The van der Waals surface area contributed by atoms with Gasteiger partial charge in [-0.3, -0.25) is 4.79 Å². The Hall–Kier alpha value is -3.26. The molecule has 1 saturated carbocycles. The molecule has 0 atom stereocenters. The van der Waals surface area contributed by atoms with Gasteiger partial charge in [-0.1, -0.05) is 69.9 Å². The topological polar surface area (TPSA) is 69.9 Å². The number of benzene rings is 2. The molecule has 1 aliphatic rings. The number of fused-ring (bicyclic) bond motifs is 1. The SMILES string of the molecule is CC(=O)c1ccccc1C#N.CC1CCC(C)CC1.Cc1nc(N(C)C)c2ccccc2n1. The average molecular weight is 445 g/mol. The maximum absolute atomic E-state index is 10.9. The first kappa shape index (κ1) is 26.0. The summed E-state index contributed by atoms with van der Waals surface area (Å²) in [5.74, 6) is 3.76. The van der Waals surface area contributed by atoms with Crippen LogP contribution in [-0.2, 0) is 0 Å². The minimum atomic E-state index is -0.0675. The molecule has 174 valence electrons. The number of para-hydroxylation sites is 1. The van der Waals surface area contributed by atoms with Crippen LogP contribution in [0.15, 0.2) is 48.5 Å². The van der Waals surface area contributed by atoms with Crippen LogP contribution >= 0.6 is 0 Å². The molecule has 1 aliphatic carbocycles. The van der Waals surface area contributed by atoms with Crippen molar-refractivity contribution in [1.29, 1.82) is 5.26 Å². The van der Waals surface area contributed by atoms with Gasteiger partial charge in [-0.2, -0.15) is 5.26 Å². The summed E-state index contributed by atoms with van der Waals surface area (Å²) in [4.78, 5) is 21.7. The van der Waals surface area contributed by atoms with Gasteiger partial charge >= 0.3 is 0 Å². The Morgan fingerprint density at radius 3 is 2.00 bits per heavy atom. The molecule has 0 unspecified atom stereocenters. The number of rotatable bonds is 2. The van der Waals surface area contributed by atoms with Gasteiger partial charge in [0.15, 0.2) is 5.78 Å². The van der Waals surface area contributed by atoms with Crippen molar-refractivity contribution < 1.29 is 4.79 Å². The molecule has 3 aromatic rings. The molecule has 1 fully saturated rings. The average Bonchev–Trinajstić information content (AvgIpc) is 2.81. The van der Waals surface area contributed by atoms with E-state index in [-0.39, 0.29) is 5.78 Å². The van der Waals surface area contributed by atoms with Crippen LogP contribution in [0.5, 0.6) is 0 Å². The zero-order valence-corrected chi connectivity index (χ0v) is 20.8. The predicted octanol–water partition coefficient (Wildman–Crippen LogP) is 6.60. The summed E-state index contributed by atoms with van der Waals surface area (Å²) in [6, 6.07) is 16.8. The van der Waals surface area contributed by atoms with Crippen LogP contribution in [0.3, 0.4) is 0 Å².